The average molecular weight is 1180 g/mol. The van der Waals surface area contributed by atoms with E-state index >= 15 is 0 Å². The van der Waals surface area contributed by atoms with Crippen LogP contribution >= 0.6 is 0 Å². The third-order valence-corrected chi connectivity index (χ3v) is 10.6. The molecule has 0 atom stereocenters. The maximum Gasteiger partial charge on any atom is 2.00 e. The molecule has 6 aromatic carbocycles. The van der Waals surface area contributed by atoms with Crippen molar-refractivity contribution in [2.75, 3.05) is 0 Å². The van der Waals surface area contributed by atoms with Crippen molar-refractivity contribution in [1.29, 1.82) is 0 Å². The van der Waals surface area contributed by atoms with Crippen LogP contribution in [0.2, 0.25) is 0 Å². The summed E-state index contributed by atoms with van der Waals surface area (Å²) in [5, 5.41) is 5.40. The standard InChI is InChI=1S/C49H24F2N8O2.2Pt/c50-47-54-48(51)56-49(55-47)59-43-27-31(60-29-15-19-35-33-9-1-3-11-39(33)57(41(35)25-29)45-13-5-7-23-52-45)17-21-37(43)38-22-18-32(28-44(38)59)61-30-16-20-36-34-10-2-4-12-40(34)58(42(36)26-30)46-14-6-8-24-53-46;;/h1-24H;;/q-4;2*+2. The number of hydrogen-bond acceptors (Lipinski definition) is 7. The van der Waals surface area contributed by atoms with Crippen molar-refractivity contribution >= 4 is 65.4 Å². The van der Waals surface area contributed by atoms with Gasteiger partial charge in [-0.3, -0.25) is 0 Å². The van der Waals surface area contributed by atoms with E-state index in [1.807, 2.05) is 118 Å². The normalized spacial score (nSPS) is 11.4. The zero-order valence-corrected chi connectivity index (χ0v) is 36.7. The first-order chi connectivity index (χ1) is 30.0. The molecule has 0 bridgehead atoms. The summed E-state index contributed by atoms with van der Waals surface area (Å²) < 4.78 is 47.7. The van der Waals surface area contributed by atoms with Crippen molar-refractivity contribution in [3.63, 3.8) is 0 Å². The van der Waals surface area contributed by atoms with Crippen LogP contribution in [-0.4, -0.2) is 38.6 Å². The summed E-state index contributed by atoms with van der Waals surface area (Å²) in [6.45, 7) is 0. The molecule has 0 saturated carbocycles. The van der Waals surface area contributed by atoms with Crippen LogP contribution in [0, 0.1) is 36.4 Å². The summed E-state index contributed by atoms with van der Waals surface area (Å²) in [6.07, 6.45) is 0.931. The van der Waals surface area contributed by atoms with Crippen LogP contribution in [0.15, 0.2) is 146 Å². The van der Waals surface area contributed by atoms with Crippen molar-refractivity contribution in [3.05, 3.63) is 182 Å². The van der Waals surface area contributed by atoms with Crippen molar-refractivity contribution in [2.45, 2.75) is 0 Å². The molecule has 0 aliphatic rings. The number of fused-ring (bicyclic) bond motifs is 9. The van der Waals surface area contributed by atoms with E-state index in [4.69, 9.17) is 9.47 Å². The molecule has 0 radical (unpaired) electrons. The number of aromatic nitrogens is 8. The van der Waals surface area contributed by atoms with Gasteiger partial charge in [-0.15, -0.1) is 59.3 Å². The van der Waals surface area contributed by atoms with E-state index in [1.165, 1.54) is 4.57 Å². The molecule has 10 nitrogen and oxygen atoms in total. The van der Waals surface area contributed by atoms with Crippen LogP contribution in [0.25, 0.3) is 83.0 Å². The SMILES string of the molecule is Fc1nc(F)nc(-n2c3[c-]c(Oc4[c-]c5c(cc4)c4ccccc4n5-c4ccccn4)ccc3c3ccc(Oc4[c-]c5c(cc4)c4ccccc4n5-c4ccccn4)[c-]c32)n1.[Pt+2].[Pt+2]. The molecule has 306 valence electrons. The molecule has 6 heterocycles. The molecule has 0 aliphatic carbocycles. The quantitative estimate of drug-likeness (QED) is 0.147. The van der Waals surface area contributed by atoms with E-state index in [0.29, 0.717) is 44.8 Å². The molecule has 0 spiro atoms. The van der Waals surface area contributed by atoms with Crippen molar-refractivity contribution in [2.24, 2.45) is 0 Å². The van der Waals surface area contributed by atoms with Crippen LogP contribution in [0.3, 0.4) is 0 Å². The topological polar surface area (TPSA) is 97.7 Å². The molecule has 0 unspecified atom stereocenters. The number of halogens is 2. The number of rotatable bonds is 7. The molecule has 12 rings (SSSR count). The number of nitrogens with zero attached hydrogens (tertiary/aromatic N) is 8. The van der Waals surface area contributed by atoms with Crippen molar-refractivity contribution in [3.8, 4) is 40.6 Å². The zero-order chi connectivity index (χ0) is 40.6. The van der Waals surface area contributed by atoms with Crippen LogP contribution in [0.1, 0.15) is 0 Å². The van der Waals surface area contributed by atoms with Crippen molar-refractivity contribution < 1.29 is 60.4 Å². The molecule has 0 aliphatic heterocycles. The Balaban J connectivity index is 0.00000236. The summed E-state index contributed by atoms with van der Waals surface area (Å²) in [6, 6.07) is 56.0. The minimum atomic E-state index is -1.28. The Morgan fingerprint density at radius 1 is 0.381 bits per heavy atom. The number of ether oxygens (including phenoxy) is 2. The van der Waals surface area contributed by atoms with Gasteiger partial charge in [0.15, 0.2) is 0 Å². The van der Waals surface area contributed by atoms with Crippen LogP contribution in [0.4, 0.5) is 8.78 Å². The van der Waals surface area contributed by atoms with Crippen LogP contribution in [0.5, 0.6) is 23.0 Å². The van der Waals surface area contributed by atoms with Gasteiger partial charge in [0.05, 0.1) is 0 Å². The zero-order valence-electron chi connectivity index (χ0n) is 32.1. The number of pyridine rings is 2. The summed E-state index contributed by atoms with van der Waals surface area (Å²) in [4.78, 5) is 20.1. The smallest absolute Gasteiger partial charge is 0.509 e. The Labute approximate surface area is 384 Å². The minimum Gasteiger partial charge on any atom is -0.509 e. The minimum absolute atomic E-state index is 0. The summed E-state index contributed by atoms with van der Waals surface area (Å²) in [7, 11) is 0. The van der Waals surface area contributed by atoms with Gasteiger partial charge >= 0.3 is 54.3 Å². The van der Waals surface area contributed by atoms with Crippen LogP contribution < -0.4 is 9.47 Å². The first-order valence-electron chi connectivity index (χ1n) is 19.1. The fraction of sp³-hybridized carbons (Fsp3) is 0. The Morgan fingerprint density at radius 2 is 0.746 bits per heavy atom. The first-order valence-corrected chi connectivity index (χ1v) is 19.1. The largest absolute Gasteiger partial charge is 2.00 e. The molecule has 0 saturated heterocycles. The third-order valence-electron chi connectivity index (χ3n) is 10.6. The van der Waals surface area contributed by atoms with E-state index in [0.717, 1.165) is 55.2 Å². The Bertz CT molecular complexity index is 3470. The number of hydrogen-bond donors (Lipinski definition) is 0. The predicted molar refractivity (Wildman–Crippen MR) is 227 cm³/mol. The van der Waals surface area contributed by atoms with E-state index < -0.39 is 12.2 Å². The average Bonchev–Trinajstić information content (AvgIpc) is 3.91. The Morgan fingerprint density at radius 3 is 1.14 bits per heavy atom. The summed E-state index contributed by atoms with van der Waals surface area (Å²) in [5.74, 6) is 2.62. The van der Waals surface area contributed by atoms with Gasteiger partial charge in [0, 0.05) is 46.4 Å². The van der Waals surface area contributed by atoms with Gasteiger partial charge in [-0.25, -0.2) is 9.97 Å². The van der Waals surface area contributed by atoms with Gasteiger partial charge in [-0.05, 0) is 47.2 Å². The molecule has 0 N–H and O–H groups in total. The maximum atomic E-state index is 14.7. The van der Waals surface area contributed by atoms with Gasteiger partial charge in [0.25, 0.3) is 0 Å². The van der Waals surface area contributed by atoms with E-state index in [2.05, 4.69) is 61.3 Å². The van der Waals surface area contributed by atoms with Crippen LogP contribution in [-0.2, 0) is 42.1 Å². The molecule has 63 heavy (non-hydrogen) atoms. The molecule has 0 amide bonds. The third kappa shape index (κ3) is 6.74. The van der Waals surface area contributed by atoms with Gasteiger partial charge in [0.1, 0.15) is 11.6 Å². The predicted octanol–water partition coefficient (Wildman–Crippen LogP) is 11.0. The van der Waals surface area contributed by atoms with Gasteiger partial charge in [0.2, 0.25) is 5.95 Å². The van der Waals surface area contributed by atoms with Gasteiger partial charge < -0.3 is 23.2 Å². The number of benzene rings is 6. The monoisotopic (exact) mass is 1180 g/mol. The van der Waals surface area contributed by atoms with E-state index in [1.54, 1.807) is 24.5 Å². The summed E-state index contributed by atoms with van der Waals surface area (Å²) >= 11 is 0. The maximum absolute atomic E-state index is 14.7. The van der Waals surface area contributed by atoms with Gasteiger partial charge in [-0.2, -0.15) is 58.8 Å². The molecular formula is C49H24F2N8O2Pt2. The molecular weight excluding hydrogens is 1160 g/mol. The summed E-state index contributed by atoms with van der Waals surface area (Å²) in [5.41, 5.74) is 4.26. The Kier molecular flexibility index (Phi) is 10.1. The second kappa shape index (κ2) is 16.0. The molecule has 14 heteroatoms. The van der Waals surface area contributed by atoms with E-state index in [9.17, 15) is 8.78 Å². The van der Waals surface area contributed by atoms with Crippen molar-refractivity contribution in [1.82, 2.24) is 38.6 Å². The Hall–Kier alpha value is -7.13. The number of para-hydroxylation sites is 2. The fourth-order valence-electron chi connectivity index (χ4n) is 8.11. The molecule has 6 aromatic heterocycles. The second-order valence-electron chi connectivity index (χ2n) is 14.1. The first kappa shape index (κ1) is 40.0. The van der Waals surface area contributed by atoms with E-state index in [-0.39, 0.29) is 48.1 Å². The van der Waals surface area contributed by atoms with Gasteiger partial charge in [-0.1, -0.05) is 70.6 Å². The molecule has 12 aromatic rings. The fourth-order valence-corrected chi connectivity index (χ4v) is 8.11. The second-order valence-corrected chi connectivity index (χ2v) is 14.1. The molecule has 0 fully saturated rings.